The Balaban J connectivity index is 1.42. The van der Waals surface area contributed by atoms with Crippen LogP contribution in [0.1, 0.15) is 58.4 Å². The molecule has 2 N–H and O–H groups in total. The van der Waals surface area contributed by atoms with Gasteiger partial charge in [-0.1, -0.05) is 84.9 Å². The molecule has 2 heterocycles. The molecule has 276 valence electrons. The van der Waals surface area contributed by atoms with Crippen molar-refractivity contribution in [3.63, 3.8) is 0 Å². The van der Waals surface area contributed by atoms with E-state index in [4.69, 9.17) is 10.5 Å². The Bertz CT molecular complexity index is 2120. The number of carbonyl (C=O) groups is 4. The van der Waals surface area contributed by atoms with E-state index >= 15 is 9.59 Å². The lowest BCUT2D eigenvalue weighted by atomic mass is 9.95. The summed E-state index contributed by atoms with van der Waals surface area (Å²) in [5.41, 5.74) is 8.23. The normalized spacial score (nSPS) is 14.9. The molecule has 0 bridgehead atoms. The number of alkyl halides is 3. The van der Waals surface area contributed by atoms with E-state index in [2.05, 4.69) is 9.72 Å². The molecule has 0 saturated carbocycles. The van der Waals surface area contributed by atoms with Gasteiger partial charge in [0.2, 0.25) is 0 Å². The van der Waals surface area contributed by atoms with Crippen molar-refractivity contribution in [1.29, 1.82) is 0 Å². The zero-order valence-corrected chi connectivity index (χ0v) is 28.8. The molecule has 0 saturated heterocycles. The highest BCUT2D eigenvalue weighted by Crippen LogP contribution is 2.44. The summed E-state index contributed by atoms with van der Waals surface area (Å²) in [5.74, 6) is -4.66. The Labute approximate surface area is 308 Å². The van der Waals surface area contributed by atoms with Gasteiger partial charge in [0.15, 0.2) is 11.6 Å². The predicted molar refractivity (Wildman–Crippen MR) is 193 cm³/mol. The Morgan fingerprint density at radius 2 is 1.50 bits per heavy atom. The van der Waals surface area contributed by atoms with E-state index in [9.17, 15) is 22.8 Å². The number of hydrogen-bond acceptors (Lipinski definition) is 8. The first-order valence-electron chi connectivity index (χ1n) is 17.1. The van der Waals surface area contributed by atoms with Gasteiger partial charge >= 0.3 is 18.1 Å². The molecule has 54 heavy (non-hydrogen) atoms. The van der Waals surface area contributed by atoms with E-state index < -0.39 is 48.4 Å². The van der Waals surface area contributed by atoms with Gasteiger partial charge in [-0.05, 0) is 72.4 Å². The summed E-state index contributed by atoms with van der Waals surface area (Å²) in [6.07, 6.45) is -2.89. The lowest BCUT2D eigenvalue weighted by Crippen LogP contribution is -2.44. The number of nitrogen functional groups attached to an aromatic ring is 1. The van der Waals surface area contributed by atoms with E-state index in [1.807, 2.05) is 6.07 Å². The number of nitrogens with two attached hydrogens (primary N) is 1. The van der Waals surface area contributed by atoms with Gasteiger partial charge in [-0.25, -0.2) is 9.78 Å². The molecular weight excluding hydrogens is 701 g/mol. The summed E-state index contributed by atoms with van der Waals surface area (Å²) in [6.45, 7) is 0.369. The van der Waals surface area contributed by atoms with Gasteiger partial charge in [0.05, 0.1) is 30.3 Å². The van der Waals surface area contributed by atoms with Crippen LogP contribution < -0.4 is 15.4 Å². The molecule has 0 aliphatic carbocycles. The summed E-state index contributed by atoms with van der Waals surface area (Å²) in [6, 6.07) is 31.2. The van der Waals surface area contributed by atoms with E-state index in [0.717, 1.165) is 5.56 Å². The van der Waals surface area contributed by atoms with Crippen LogP contribution >= 0.6 is 0 Å². The van der Waals surface area contributed by atoms with Gasteiger partial charge in [0.1, 0.15) is 6.04 Å². The summed E-state index contributed by atoms with van der Waals surface area (Å²) in [7, 11) is 0. The first kappa shape index (κ1) is 37.3. The standard InChI is InChI=1S/C41H35F3N4O6/c42-41(43,44)40(52)54-35(49)26-33(28-14-4-1-5-15-28)48-36(29-16-6-2-7-17-29)39(51)47(30-18-8-3-9-19-30)32-22-21-27(25-31(32)38(48)50)13-10-11-24-53-34-20-12-23-46-37(34)45/h1-9,12,14-23,25,33,36H,10-11,13,24,26H2,(H2,45,46). The zero-order valence-electron chi connectivity index (χ0n) is 28.8. The third-order valence-electron chi connectivity index (χ3n) is 8.86. The van der Waals surface area contributed by atoms with Crippen LogP contribution in [0.2, 0.25) is 0 Å². The van der Waals surface area contributed by atoms with Gasteiger partial charge in [-0.15, -0.1) is 0 Å². The van der Waals surface area contributed by atoms with E-state index in [1.165, 1.54) is 9.80 Å². The van der Waals surface area contributed by atoms with Crippen LogP contribution in [0.3, 0.4) is 0 Å². The van der Waals surface area contributed by atoms with Crippen molar-refractivity contribution in [3.05, 3.63) is 150 Å². The van der Waals surface area contributed by atoms with Gasteiger partial charge < -0.3 is 20.1 Å². The van der Waals surface area contributed by atoms with E-state index in [0.29, 0.717) is 48.4 Å². The van der Waals surface area contributed by atoms with Gasteiger partial charge in [0.25, 0.3) is 11.8 Å². The topological polar surface area (TPSA) is 132 Å². The van der Waals surface area contributed by atoms with Crippen LogP contribution in [0.25, 0.3) is 0 Å². The number of unbranched alkanes of at least 4 members (excludes halogenated alkanes) is 1. The minimum absolute atomic E-state index is 0.128. The maximum atomic E-state index is 15.1. The fourth-order valence-corrected chi connectivity index (χ4v) is 6.38. The predicted octanol–water partition coefficient (Wildman–Crippen LogP) is 7.69. The first-order chi connectivity index (χ1) is 26.0. The highest BCUT2D eigenvalue weighted by atomic mass is 19.4. The highest BCUT2D eigenvalue weighted by molar-refractivity contribution is 6.14. The van der Waals surface area contributed by atoms with Gasteiger partial charge in [-0.2, -0.15) is 13.2 Å². The van der Waals surface area contributed by atoms with Crippen LogP contribution in [-0.4, -0.2) is 46.4 Å². The molecule has 2 amide bonds. The van der Waals surface area contributed by atoms with Crippen LogP contribution in [0, 0.1) is 0 Å². The number of esters is 2. The summed E-state index contributed by atoms with van der Waals surface area (Å²) < 4.78 is 49.4. The number of hydrogen-bond donors (Lipinski definition) is 1. The van der Waals surface area contributed by atoms with Crippen LogP contribution in [0.5, 0.6) is 5.75 Å². The van der Waals surface area contributed by atoms with Crippen molar-refractivity contribution in [2.75, 3.05) is 17.2 Å². The fraction of sp³-hybridized carbons (Fsp3) is 0.195. The minimum Gasteiger partial charge on any atom is -0.490 e. The molecule has 1 aliphatic heterocycles. The van der Waals surface area contributed by atoms with Crippen molar-refractivity contribution in [3.8, 4) is 5.75 Å². The van der Waals surface area contributed by atoms with Crippen molar-refractivity contribution in [2.24, 2.45) is 0 Å². The van der Waals surface area contributed by atoms with E-state index in [1.54, 1.807) is 121 Å². The molecule has 0 fully saturated rings. The molecule has 4 aromatic carbocycles. The number of aryl methyl sites for hydroxylation is 1. The third-order valence-corrected chi connectivity index (χ3v) is 8.86. The molecule has 10 nitrogen and oxygen atoms in total. The number of pyridine rings is 1. The summed E-state index contributed by atoms with van der Waals surface area (Å²) in [4.78, 5) is 61.7. The molecule has 1 aromatic heterocycles. The zero-order chi connectivity index (χ0) is 38.2. The molecule has 1 aliphatic rings. The average Bonchev–Trinajstić information content (AvgIpc) is 3.26. The second kappa shape index (κ2) is 16.4. The molecule has 2 atom stereocenters. The number of halogens is 3. The second-order valence-corrected chi connectivity index (χ2v) is 12.5. The van der Waals surface area contributed by atoms with Crippen molar-refractivity contribution >= 4 is 40.9 Å². The molecule has 5 aromatic rings. The monoisotopic (exact) mass is 736 g/mol. The van der Waals surface area contributed by atoms with Crippen molar-refractivity contribution in [1.82, 2.24) is 9.88 Å². The first-order valence-corrected chi connectivity index (χ1v) is 17.1. The summed E-state index contributed by atoms with van der Waals surface area (Å²) in [5, 5.41) is 0. The number of nitrogens with zero attached hydrogens (tertiary/aromatic N) is 3. The quantitative estimate of drug-likeness (QED) is 0.0784. The number of ether oxygens (including phenoxy) is 2. The van der Waals surface area contributed by atoms with Gasteiger partial charge in [0, 0.05) is 11.9 Å². The maximum Gasteiger partial charge on any atom is 0.491 e. The highest BCUT2D eigenvalue weighted by Gasteiger charge is 2.47. The summed E-state index contributed by atoms with van der Waals surface area (Å²) >= 11 is 0. The Kier molecular flexibility index (Phi) is 11.4. The fourth-order valence-electron chi connectivity index (χ4n) is 6.38. The number of rotatable bonds is 12. The molecule has 2 unspecified atom stereocenters. The number of benzene rings is 4. The average molecular weight is 737 g/mol. The molecule has 13 heteroatoms. The lowest BCUT2D eigenvalue weighted by Gasteiger charge is -2.37. The Hall–Kier alpha value is -6.50. The Morgan fingerprint density at radius 1 is 0.833 bits per heavy atom. The molecule has 6 rings (SSSR count). The molecule has 0 radical (unpaired) electrons. The molecular formula is C41H35F3N4O6. The van der Waals surface area contributed by atoms with Crippen LogP contribution in [0.15, 0.2) is 128 Å². The smallest absolute Gasteiger partial charge is 0.490 e. The number of para-hydroxylation sites is 1. The van der Waals surface area contributed by atoms with E-state index in [-0.39, 0.29) is 17.1 Å². The maximum absolute atomic E-state index is 15.1. The SMILES string of the molecule is Nc1ncccc1OCCCCc1ccc2c(c1)C(=O)N(C(CC(=O)OC(=O)C(F)(F)F)c1ccccc1)C(c1ccccc1)C(=O)N2c1ccccc1. The van der Waals surface area contributed by atoms with Gasteiger partial charge in [-0.3, -0.25) is 19.3 Å². The van der Waals surface area contributed by atoms with Crippen LogP contribution in [0.4, 0.5) is 30.4 Å². The number of carbonyl (C=O) groups excluding carboxylic acids is 4. The number of fused-ring (bicyclic) bond motifs is 1. The number of amides is 2. The number of aromatic nitrogens is 1. The lowest BCUT2D eigenvalue weighted by molar-refractivity contribution is -0.202. The third kappa shape index (κ3) is 8.41. The largest absolute Gasteiger partial charge is 0.491 e. The second-order valence-electron chi connectivity index (χ2n) is 12.5. The Morgan fingerprint density at radius 3 is 2.17 bits per heavy atom. The van der Waals surface area contributed by atoms with Crippen LogP contribution in [-0.2, 0) is 25.5 Å². The molecule has 0 spiro atoms. The van der Waals surface area contributed by atoms with Crippen molar-refractivity contribution < 1.29 is 41.8 Å². The minimum atomic E-state index is -5.43. The van der Waals surface area contributed by atoms with Crippen molar-refractivity contribution in [2.45, 2.75) is 43.9 Å². The number of anilines is 3.